The fourth-order valence-corrected chi connectivity index (χ4v) is 3.37. The molecule has 2 aromatic rings. The van der Waals surface area contributed by atoms with Crippen LogP contribution in [0.1, 0.15) is 19.3 Å². The van der Waals surface area contributed by atoms with Crippen molar-refractivity contribution in [1.29, 1.82) is 0 Å². The zero-order valence-corrected chi connectivity index (χ0v) is 17.6. The summed E-state index contributed by atoms with van der Waals surface area (Å²) in [6, 6.07) is 9.59. The lowest BCUT2D eigenvalue weighted by molar-refractivity contribution is -0.294. The number of nitrogens with zero attached hydrogens (tertiary/aromatic N) is 1. The van der Waals surface area contributed by atoms with Gasteiger partial charge in [-0.3, -0.25) is 4.98 Å². The predicted octanol–water partition coefficient (Wildman–Crippen LogP) is 0.144. The highest BCUT2D eigenvalue weighted by Gasteiger charge is 2.44. The Labute approximate surface area is 185 Å². The number of hydrogen-bond acceptors (Lipinski definition) is 10. The molecule has 1 aliphatic heterocycles. The summed E-state index contributed by atoms with van der Waals surface area (Å²) in [6.45, 7) is -0.345. The lowest BCUT2D eigenvalue weighted by Crippen LogP contribution is -2.59. The zero-order valence-electron chi connectivity index (χ0n) is 17.6. The molecular weight excluding hydrogens is 422 g/mol. The minimum absolute atomic E-state index is 0.199. The summed E-state index contributed by atoms with van der Waals surface area (Å²) in [5.74, 6) is 0.118. The molecule has 0 radical (unpaired) electrons. The maximum absolute atomic E-state index is 11.8. The molecule has 2 heterocycles. The van der Waals surface area contributed by atoms with Crippen molar-refractivity contribution in [1.82, 2.24) is 4.98 Å². The van der Waals surface area contributed by atoms with Gasteiger partial charge in [0.25, 0.3) is 0 Å². The molecule has 176 valence electrons. The molecule has 1 aromatic carbocycles. The number of carbonyl (C=O) groups is 1. The van der Waals surface area contributed by atoms with Crippen LogP contribution in [0.2, 0.25) is 0 Å². The maximum atomic E-state index is 11.8. The second kappa shape index (κ2) is 12.0. The molecule has 32 heavy (non-hydrogen) atoms. The quantitative estimate of drug-likeness (QED) is 0.275. The van der Waals surface area contributed by atoms with Gasteiger partial charge in [-0.1, -0.05) is 6.07 Å². The molecular formula is C22H29NO9. The van der Waals surface area contributed by atoms with E-state index in [-0.39, 0.29) is 6.61 Å². The normalized spacial score (nSPS) is 25.6. The smallest absolute Gasteiger partial charge is 0.332 e. The van der Waals surface area contributed by atoms with E-state index in [1.54, 1.807) is 6.20 Å². The van der Waals surface area contributed by atoms with E-state index in [0.29, 0.717) is 13.0 Å². The van der Waals surface area contributed by atoms with Gasteiger partial charge in [0.15, 0.2) is 6.29 Å². The van der Waals surface area contributed by atoms with Gasteiger partial charge in [-0.2, -0.15) is 0 Å². The van der Waals surface area contributed by atoms with E-state index in [0.717, 1.165) is 29.5 Å². The van der Waals surface area contributed by atoms with Crippen molar-refractivity contribution in [3.8, 4) is 5.75 Å². The minimum atomic E-state index is -1.63. The van der Waals surface area contributed by atoms with Crippen molar-refractivity contribution in [2.45, 2.75) is 50.0 Å². The summed E-state index contributed by atoms with van der Waals surface area (Å²) in [7, 11) is 0. The number of esters is 1. The van der Waals surface area contributed by atoms with Gasteiger partial charge in [0.2, 0.25) is 0 Å². The number of carbonyl (C=O) groups excluding carboxylic acids is 1. The largest absolute Gasteiger partial charge is 0.494 e. The molecule has 10 heteroatoms. The van der Waals surface area contributed by atoms with Gasteiger partial charge in [0, 0.05) is 11.6 Å². The summed E-state index contributed by atoms with van der Waals surface area (Å²) < 4.78 is 20.9. The first-order chi connectivity index (χ1) is 15.5. The van der Waals surface area contributed by atoms with Crippen molar-refractivity contribution in [2.75, 3.05) is 26.4 Å². The Morgan fingerprint density at radius 3 is 2.69 bits per heavy atom. The Balaban J connectivity index is 1.27. The van der Waals surface area contributed by atoms with Crippen molar-refractivity contribution >= 4 is 16.9 Å². The third-order valence-corrected chi connectivity index (χ3v) is 5.13. The number of aliphatic hydroxyl groups is 4. The van der Waals surface area contributed by atoms with E-state index in [1.807, 2.05) is 30.3 Å². The van der Waals surface area contributed by atoms with E-state index < -0.39 is 49.9 Å². The van der Waals surface area contributed by atoms with Crippen molar-refractivity contribution in [3.63, 3.8) is 0 Å². The predicted molar refractivity (Wildman–Crippen MR) is 112 cm³/mol. The van der Waals surface area contributed by atoms with Crippen LogP contribution in [0.15, 0.2) is 36.5 Å². The molecule has 0 amide bonds. The highest BCUT2D eigenvalue weighted by atomic mass is 16.6. The van der Waals surface area contributed by atoms with Crippen LogP contribution in [0.5, 0.6) is 5.75 Å². The highest BCUT2D eigenvalue weighted by Crippen LogP contribution is 2.22. The lowest BCUT2D eigenvalue weighted by Gasteiger charge is -2.39. The molecule has 1 unspecified atom stereocenters. The standard InChI is InChI=1S/C22H29NO9/c24-12-17-19(26)21(20(27)22(28)32-17)31-13-18(25)30-10-3-1-2-9-29-15-6-7-16-14(11-15)5-4-8-23-16/h4-8,11,17,19-22,24,26-28H,1-3,9-10,12-13H2/t17-,19-,20-,21+,22?/m1/s1. The molecule has 1 aromatic heterocycles. The minimum Gasteiger partial charge on any atom is -0.494 e. The van der Waals surface area contributed by atoms with Crippen molar-refractivity contribution in [3.05, 3.63) is 36.5 Å². The van der Waals surface area contributed by atoms with Gasteiger partial charge < -0.3 is 39.4 Å². The fraction of sp³-hybridized carbons (Fsp3) is 0.545. The first-order valence-electron chi connectivity index (χ1n) is 10.5. The SMILES string of the molecule is O=C(CO[C@H]1[C@H](O)[C@@H](CO)OC(O)[C@@H]1O)OCCCCCOc1ccc2ncccc2c1. The molecule has 0 aliphatic carbocycles. The summed E-state index contributed by atoms with van der Waals surface area (Å²) >= 11 is 0. The number of ether oxygens (including phenoxy) is 4. The Hall–Kier alpha value is -2.34. The molecule has 1 fully saturated rings. The number of hydrogen-bond donors (Lipinski definition) is 4. The molecule has 10 nitrogen and oxygen atoms in total. The van der Waals surface area contributed by atoms with Crippen LogP contribution in [-0.4, -0.2) is 88.5 Å². The average Bonchev–Trinajstić information content (AvgIpc) is 2.80. The van der Waals surface area contributed by atoms with Crippen LogP contribution in [0, 0.1) is 0 Å². The molecule has 0 bridgehead atoms. The van der Waals surface area contributed by atoms with Gasteiger partial charge in [-0.25, -0.2) is 4.79 Å². The summed E-state index contributed by atoms with van der Waals surface area (Å²) in [6.07, 6.45) is -3.02. The number of unbranched alkanes of at least 4 members (excludes halogenated alkanes) is 2. The molecule has 0 saturated carbocycles. The lowest BCUT2D eigenvalue weighted by atomic mass is 9.99. The van der Waals surface area contributed by atoms with E-state index >= 15 is 0 Å². The average molecular weight is 451 g/mol. The number of aromatic nitrogens is 1. The molecule has 0 spiro atoms. The summed E-state index contributed by atoms with van der Waals surface area (Å²) in [4.78, 5) is 16.1. The highest BCUT2D eigenvalue weighted by molar-refractivity contribution is 5.79. The molecule has 5 atom stereocenters. The van der Waals surface area contributed by atoms with Crippen LogP contribution < -0.4 is 4.74 Å². The Bertz CT molecular complexity index is 864. The molecule has 3 rings (SSSR count). The van der Waals surface area contributed by atoms with E-state index in [4.69, 9.17) is 24.1 Å². The van der Waals surface area contributed by atoms with Crippen LogP contribution in [0.3, 0.4) is 0 Å². The Morgan fingerprint density at radius 1 is 1.06 bits per heavy atom. The monoisotopic (exact) mass is 451 g/mol. The second-order valence-electron chi connectivity index (χ2n) is 7.49. The van der Waals surface area contributed by atoms with Gasteiger partial charge in [-0.15, -0.1) is 0 Å². The number of fused-ring (bicyclic) bond motifs is 1. The first kappa shape index (κ1) is 24.3. The number of benzene rings is 1. The van der Waals surface area contributed by atoms with E-state index in [2.05, 4.69) is 4.98 Å². The number of pyridine rings is 1. The van der Waals surface area contributed by atoms with Gasteiger partial charge >= 0.3 is 5.97 Å². The number of rotatable bonds is 11. The van der Waals surface area contributed by atoms with Crippen LogP contribution in [0.25, 0.3) is 10.9 Å². The summed E-state index contributed by atoms with van der Waals surface area (Å²) in [5, 5.41) is 39.6. The van der Waals surface area contributed by atoms with Crippen LogP contribution >= 0.6 is 0 Å². The maximum Gasteiger partial charge on any atom is 0.332 e. The van der Waals surface area contributed by atoms with Crippen molar-refractivity contribution < 1.29 is 44.2 Å². The second-order valence-corrected chi connectivity index (χ2v) is 7.49. The molecule has 4 N–H and O–H groups in total. The number of aliphatic hydroxyl groups excluding tert-OH is 4. The zero-order chi connectivity index (χ0) is 22.9. The van der Waals surface area contributed by atoms with E-state index in [9.17, 15) is 20.1 Å². The van der Waals surface area contributed by atoms with E-state index in [1.165, 1.54) is 0 Å². The molecule has 1 saturated heterocycles. The fourth-order valence-electron chi connectivity index (χ4n) is 3.37. The Kier molecular flexibility index (Phi) is 9.15. The Morgan fingerprint density at radius 2 is 1.88 bits per heavy atom. The van der Waals surface area contributed by atoms with Crippen LogP contribution in [0.4, 0.5) is 0 Å². The third-order valence-electron chi connectivity index (χ3n) is 5.13. The summed E-state index contributed by atoms with van der Waals surface area (Å²) in [5.41, 5.74) is 0.913. The van der Waals surface area contributed by atoms with Gasteiger partial charge in [0.05, 0.1) is 25.3 Å². The van der Waals surface area contributed by atoms with Gasteiger partial charge in [-0.05, 0) is 43.5 Å². The molecule has 1 aliphatic rings. The van der Waals surface area contributed by atoms with Crippen molar-refractivity contribution in [2.24, 2.45) is 0 Å². The third kappa shape index (κ3) is 6.58. The van der Waals surface area contributed by atoms with Crippen LogP contribution in [-0.2, 0) is 19.0 Å². The topological polar surface area (TPSA) is 148 Å². The first-order valence-corrected chi connectivity index (χ1v) is 10.5. The van der Waals surface area contributed by atoms with Gasteiger partial charge in [0.1, 0.15) is 36.8 Å².